The van der Waals surface area contributed by atoms with Gasteiger partial charge in [0.25, 0.3) is 0 Å². The Bertz CT molecular complexity index is 1850. The molecule has 0 bridgehead atoms. The monoisotopic (exact) mass is 720 g/mol. The average Bonchev–Trinajstić information content (AvgIpc) is 3.65. The van der Waals surface area contributed by atoms with Gasteiger partial charge >= 0.3 is 0 Å². The first-order chi connectivity index (χ1) is 25.9. The molecular weight excluding hydrogens is 665 g/mol. The largest absolute Gasteiger partial charge is 0.494 e. The second-order valence-corrected chi connectivity index (χ2v) is 13.2. The van der Waals surface area contributed by atoms with Crippen LogP contribution in [0, 0.1) is 0 Å². The fraction of sp³-hybridized carbons (Fsp3) is 0.422. The molecular formula is C45H56N2O6. The molecule has 0 saturated carbocycles. The quantitative estimate of drug-likeness (QED) is 0.0767. The first-order valence-electron chi connectivity index (χ1n) is 19.5. The van der Waals surface area contributed by atoms with Crippen LogP contribution in [0.4, 0.5) is 0 Å². The predicted molar refractivity (Wildman–Crippen MR) is 213 cm³/mol. The van der Waals surface area contributed by atoms with E-state index in [1.165, 1.54) is 0 Å². The van der Waals surface area contributed by atoms with Gasteiger partial charge in [0.15, 0.2) is 11.6 Å². The maximum absolute atomic E-state index is 12.8. The minimum absolute atomic E-state index is 0.0474. The third kappa shape index (κ3) is 9.29. The summed E-state index contributed by atoms with van der Waals surface area (Å²) >= 11 is 0. The lowest BCUT2D eigenvalue weighted by Gasteiger charge is -2.19. The van der Waals surface area contributed by atoms with E-state index in [0.29, 0.717) is 43.1 Å². The smallest absolute Gasteiger partial charge is 0.194 e. The van der Waals surface area contributed by atoms with Crippen LogP contribution in [0.5, 0.6) is 23.0 Å². The summed E-state index contributed by atoms with van der Waals surface area (Å²) < 4.78 is 23.5. The highest BCUT2D eigenvalue weighted by molar-refractivity contribution is 6.23. The van der Waals surface area contributed by atoms with Crippen molar-refractivity contribution in [3.05, 3.63) is 95.1 Å². The summed E-state index contributed by atoms with van der Waals surface area (Å²) in [5.41, 5.74) is 6.56. The van der Waals surface area contributed by atoms with Crippen LogP contribution in [-0.2, 0) is 0 Å². The molecule has 2 aliphatic rings. The lowest BCUT2D eigenvalue weighted by atomic mass is 10.0. The summed E-state index contributed by atoms with van der Waals surface area (Å²) in [6.07, 6.45) is 2.85. The van der Waals surface area contributed by atoms with Gasteiger partial charge in [0, 0.05) is 46.5 Å². The van der Waals surface area contributed by atoms with E-state index in [0.717, 1.165) is 109 Å². The predicted octanol–water partition coefficient (Wildman–Crippen LogP) is 9.20. The number of hydrogen-bond acceptors (Lipinski definition) is 8. The molecule has 6 rings (SSSR count). The van der Waals surface area contributed by atoms with Crippen molar-refractivity contribution in [3.8, 4) is 45.3 Å². The molecule has 0 unspecified atom stereocenters. The van der Waals surface area contributed by atoms with Crippen LogP contribution in [0.2, 0.25) is 0 Å². The Labute approximate surface area is 316 Å². The molecule has 0 radical (unpaired) electrons. The summed E-state index contributed by atoms with van der Waals surface area (Å²) in [4.78, 5) is 30.4. The highest BCUT2D eigenvalue weighted by Crippen LogP contribution is 2.45. The number of hydrogen-bond donors (Lipinski definition) is 0. The van der Waals surface area contributed by atoms with Crippen LogP contribution in [0.3, 0.4) is 0 Å². The normalized spacial score (nSPS) is 12.2. The summed E-state index contributed by atoms with van der Waals surface area (Å²) in [7, 11) is 0. The number of carbonyl (C=O) groups excluding carboxylic acids is 2. The molecule has 2 aliphatic carbocycles. The van der Waals surface area contributed by atoms with Gasteiger partial charge in [-0.3, -0.25) is 9.59 Å². The molecule has 0 saturated heterocycles. The van der Waals surface area contributed by atoms with E-state index in [1.54, 1.807) is 0 Å². The van der Waals surface area contributed by atoms with Crippen molar-refractivity contribution in [2.45, 2.75) is 60.8 Å². The molecule has 0 fully saturated rings. The maximum atomic E-state index is 12.8. The first-order valence-corrected chi connectivity index (χ1v) is 19.5. The van der Waals surface area contributed by atoms with Gasteiger partial charge in [-0.1, -0.05) is 65.8 Å². The Morgan fingerprint density at radius 3 is 1.36 bits per heavy atom. The van der Waals surface area contributed by atoms with Crippen LogP contribution < -0.4 is 18.9 Å². The molecule has 0 aliphatic heterocycles. The van der Waals surface area contributed by atoms with Crippen LogP contribution >= 0.6 is 0 Å². The van der Waals surface area contributed by atoms with Crippen molar-refractivity contribution in [1.29, 1.82) is 0 Å². The molecule has 0 heterocycles. The third-order valence-corrected chi connectivity index (χ3v) is 9.83. The van der Waals surface area contributed by atoms with Gasteiger partial charge in [0.2, 0.25) is 0 Å². The van der Waals surface area contributed by atoms with E-state index in [9.17, 15) is 9.59 Å². The molecule has 53 heavy (non-hydrogen) atoms. The molecule has 8 nitrogen and oxygen atoms in total. The summed E-state index contributed by atoms with van der Waals surface area (Å²) in [5.74, 6) is 3.17. The van der Waals surface area contributed by atoms with Crippen molar-refractivity contribution in [3.63, 3.8) is 0 Å². The SMILES string of the molecule is CCCOc1ccc2c(c1)C(=O)c1cccc(OCCCN(CC)CC)c1-2.CCCOc1ccc2c(c1)C(=O)c1cccc(OCCN(CC)CC)c1-2. The maximum Gasteiger partial charge on any atom is 0.194 e. The summed E-state index contributed by atoms with van der Waals surface area (Å²) in [6, 6.07) is 23.0. The van der Waals surface area contributed by atoms with E-state index in [-0.39, 0.29) is 11.6 Å². The minimum Gasteiger partial charge on any atom is -0.494 e. The first kappa shape index (κ1) is 39.5. The number of nitrogens with zero attached hydrogens (tertiary/aromatic N) is 2. The van der Waals surface area contributed by atoms with E-state index in [1.807, 2.05) is 72.8 Å². The number of likely N-dealkylation sites (N-methyl/N-ethyl adjacent to an activating group) is 1. The Balaban J connectivity index is 0.000000204. The van der Waals surface area contributed by atoms with Crippen LogP contribution in [0.25, 0.3) is 22.3 Å². The Morgan fingerprint density at radius 1 is 0.453 bits per heavy atom. The molecule has 0 N–H and O–H groups in total. The zero-order chi connectivity index (χ0) is 37.7. The Hall–Kier alpha value is -4.66. The molecule has 4 aromatic carbocycles. The Morgan fingerprint density at radius 2 is 0.906 bits per heavy atom. The van der Waals surface area contributed by atoms with Crippen LogP contribution in [0.1, 0.15) is 92.6 Å². The second-order valence-electron chi connectivity index (χ2n) is 13.2. The van der Waals surface area contributed by atoms with Crippen LogP contribution in [0.15, 0.2) is 72.8 Å². The van der Waals surface area contributed by atoms with Crippen molar-refractivity contribution < 1.29 is 28.5 Å². The molecule has 4 aromatic rings. The standard InChI is InChI=1S/C23H29NO3.C22H27NO3/c1-4-14-26-17-11-12-18-20(16-17)23(25)19-9-7-10-21(22(18)19)27-15-8-13-24(5-2)6-3;1-4-13-25-16-10-11-17-19(15-16)22(24)18-8-7-9-20(21(17)18)26-14-12-23(5-2)6-3/h7,9-12,16H,4-6,8,13-15H2,1-3H3;7-11,15H,4-6,12-14H2,1-3H3. The molecule has 0 aromatic heterocycles. The van der Waals surface area contributed by atoms with Gasteiger partial charge in [-0.2, -0.15) is 0 Å². The van der Waals surface area contributed by atoms with E-state index in [4.69, 9.17) is 18.9 Å². The molecule has 282 valence electrons. The average molecular weight is 721 g/mol. The van der Waals surface area contributed by atoms with Gasteiger partial charge < -0.3 is 28.7 Å². The zero-order valence-corrected chi connectivity index (χ0v) is 32.5. The van der Waals surface area contributed by atoms with Gasteiger partial charge in [-0.25, -0.2) is 0 Å². The van der Waals surface area contributed by atoms with Crippen molar-refractivity contribution >= 4 is 11.6 Å². The Kier molecular flexibility index (Phi) is 14.5. The third-order valence-electron chi connectivity index (χ3n) is 9.83. The van der Waals surface area contributed by atoms with Crippen molar-refractivity contribution in [2.75, 3.05) is 65.7 Å². The van der Waals surface area contributed by atoms with Gasteiger partial charge in [-0.05, 0) is 105 Å². The highest BCUT2D eigenvalue weighted by Gasteiger charge is 2.31. The minimum atomic E-state index is 0.0474. The number of carbonyl (C=O) groups is 2. The summed E-state index contributed by atoms with van der Waals surface area (Å²) in [5, 5.41) is 0. The number of rotatable bonds is 19. The fourth-order valence-corrected chi connectivity index (χ4v) is 6.84. The number of fused-ring (bicyclic) bond motifs is 6. The number of ketones is 2. The number of benzene rings is 4. The zero-order valence-electron chi connectivity index (χ0n) is 32.5. The second kappa shape index (κ2) is 19.4. The van der Waals surface area contributed by atoms with Crippen molar-refractivity contribution in [2.24, 2.45) is 0 Å². The lowest BCUT2D eigenvalue weighted by Crippen LogP contribution is -2.27. The van der Waals surface area contributed by atoms with Gasteiger partial charge in [0.1, 0.15) is 29.6 Å². The summed E-state index contributed by atoms with van der Waals surface area (Å²) in [6.45, 7) is 21.4. The van der Waals surface area contributed by atoms with E-state index < -0.39 is 0 Å². The number of ether oxygens (including phenoxy) is 4. The highest BCUT2D eigenvalue weighted by atomic mass is 16.5. The van der Waals surface area contributed by atoms with E-state index >= 15 is 0 Å². The van der Waals surface area contributed by atoms with Gasteiger partial charge in [0.05, 0.1) is 19.8 Å². The molecule has 8 heteroatoms. The molecule has 0 atom stereocenters. The molecule has 0 spiro atoms. The van der Waals surface area contributed by atoms with Crippen molar-refractivity contribution in [1.82, 2.24) is 9.80 Å². The van der Waals surface area contributed by atoms with Gasteiger partial charge in [-0.15, -0.1) is 0 Å². The lowest BCUT2D eigenvalue weighted by molar-refractivity contribution is 0.103. The van der Waals surface area contributed by atoms with E-state index in [2.05, 4.69) is 51.3 Å². The fourth-order valence-electron chi connectivity index (χ4n) is 6.84. The van der Waals surface area contributed by atoms with Crippen LogP contribution in [-0.4, -0.2) is 87.1 Å². The topological polar surface area (TPSA) is 77.5 Å². The molecule has 0 amide bonds.